The number of likely N-dealkylation sites (tertiary alicyclic amines) is 1. The van der Waals surface area contributed by atoms with E-state index in [9.17, 15) is 0 Å². The van der Waals surface area contributed by atoms with Gasteiger partial charge in [0.25, 0.3) is 0 Å². The maximum absolute atomic E-state index is 8.93. The maximum Gasteiger partial charge on any atom is 0.137 e. The summed E-state index contributed by atoms with van der Waals surface area (Å²) in [7, 11) is 0. The van der Waals surface area contributed by atoms with Gasteiger partial charge in [0.2, 0.25) is 0 Å². The van der Waals surface area contributed by atoms with Gasteiger partial charge in [-0.3, -0.25) is 4.90 Å². The molecule has 0 bridgehead atoms. The fourth-order valence-electron chi connectivity index (χ4n) is 2.15. The highest BCUT2D eigenvalue weighted by molar-refractivity contribution is 5.85. The van der Waals surface area contributed by atoms with Crippen LogP contribution in [0.3, 0.4) is 0 Å². The second-order valence-corrected chi connectivity index (χ2v) is 4.36. The molecule has 1 fully saturated rings. The molecular formula is C14H19ClN2O. The smallest absolute Gasteiger partial charge is 0.137 e. The Balaban J connectivity index is 0.00000162. The number of rotatable bonds is 4. The number of ether oxygens (including phenoxy) is 1. The first-order valence-corrected chi connectivity index (χ1v) is 6.24. The zero-order chi connectivity index (χ0) is 11.9. The first kappa shape index (κ1) is 14.8. The van der Waals surface area contributed by atoms with E-state index in [-0.39, 0.29) is 12.4 Å². The summed E-state index contributed by atoms with van der Waals surface area (Å²) in [5, 5.41) is 8.93. The number of benzene rings is 1. The summed E-state index contributed by atoms with van der Waals surface area (Å²) in [6.07, 6.45) is 3.96. The van der Waals surface area contributed by atoms with E-state index in [1.165, 1.54) is 32.4 Å². The maximum atomic E-state index is 8.93. The normalized spacial score (nSPS) is 15.5. The molecule has 0 N–H and O–H groups in total. The number of para-hydroxylation sites is 1. The van der Waals surface area contributed by atoms with Gasteiger partial charge in [0.1, 0.15) is 18.4 Å². The summed E-state index contributed by atoms with van der Waals surface area (Å²) in [5.74, 6) is 0.701. The van der Waals surface area contributed by atoms with E-state index in [2.05, 4.69) is 11.0 Å². The van der Waals surface area contributed by atoms with Crippen molar-refractivity contribution in [3.05, 3.63) is 29.8 Å². The van der Waals surface area contributed by atoms with Gasteiger partial charge in [-0.05, 0) is 38.1 Å². The standard InChI is InChI=1S/C14H18N2O.ClH/c15-12-13-6-2-3-7-14(13)17-11-10-16-8-4-1-5-9-16;/h2-3,6-7H,1,4-5,8-11H2;1H. The molecule has 2 rings (SSSR count). The number of nitriles is 1. The van der Waals surface area contributed by atoms with Crippen molar-refractivity contribution in [1.82, 2.24) is 4.90 Å². The minimum Gasteiger partial charge on any atom is -0.491 e. The second kappa shape index (κ2) is 7.97. The second-order valence-electron chi connectivity index (χ2n) is 4.36. The van der Waals surface area contributed by atoms with Crippen LogP contribution in [0.5, 0.6) is 5.75 Å². The summed E-state index contributed by atoms with van der Waals surface area (Å²) < 4.78 is 5.67. The van der Waals surface area contributed by atoms with Gasteiger partial charge < -0.3 is 4.74 Å². The highest BCUT2D eigenvalue weighted by atomic mass is 35.5. The van der Waals surface area contributed by atoms with Crippen LogP contribution in [0.1, 0.15) is 24.8 Å². The third-order valence-corrected chi connectivity index (χ3v) is 3.12. The molecule has 0 aliphatic carbocycles. The van der Waals surface area contributed by atoms with Crippen LogP contribution < -0.4 is 4.74 Å². The van der Waals surface area contributed by atoms with E-state index < -0.39 is 0 Å². The van der Waals surface area contributed by atoms with Crippen LogP contribution in [0.15, 0.2) is 24.3 Å². The van der Waals surface area contributed by atoms with Crippen molar-refractivity contribution in [2.45, 2.75) is 19.3 Å². The van der Waals surface area contributed by atoms with Crippen molar-refractivity contribution >= 4 is 12.4 Å². The van der Waals surface area contributed by atoms with Crippen LogP contribution in [0, 0.1) is 11.3 Å². The zero-order valence-electron chi connectivity index (χ0n) is 10.5. The largest absolute Gasteiger partial charge is 0.491 e. The Morgan fingerprint density at radius 1 is 1.17 bits per heavy atom. The van der Waals surface area contributed by atoms with Crippen molar-refractivity contribution < 1.29 is 4.74 Å². The third kappa shape index (κ3) is 4.21. The van der Waals surface area contributed by atoms with Crippen LogP contribution in [-0.2, 0) is 0 Å². The SMILES string of the molecule is Cl.N#Cc1ccccc1OCCN1CCCCC1. The van der Waals surface area contributed by atoms with Gasteiger partial charge in [-0.2, -0.15) is 5.26 Å². The van der Waals surface area contributed by atoms with Crippen molar-refractivity contribution in [3.63, 3.8) is 0 Å². The lowest BCUT2D eigenvalue weighted by atomic mass is 10.1. The minimum atomic E-state index is 0. The molecular weight excluding hydrogens is 248 g/mol. The lowest BCUT2D eigenvalue weighted by Gasteiger charge is -2.26. The van der Waals surface area contributed by atoms with Gasteiger partial charge in [0, 0.05) is 6.54 Å². The molecule has 0 aromatic heterocycles. The average Bonchev–Trinajstić information content (AvgIpc) is 2.40. The predicted octanol–water partition coefficient (Wildman–Crippen LogP) is 2.84. The van der Waals surface area contributed by atoms with E-state index in [0.717, 1.165) is 6.54 Å². The summed E-state index contributed by atoms with van der Waals surface area (Å²) in [6, 6.07) is 9.55. The van der Waals surface area contributed by atoms with Gasteiger partial charge in [-0.25, -0.2) is 0 Å². The Morgan fingerprint density at radius 2 is 1.89 bits per heavy atom. The fraction of sp³-hybridized carbons (Fsp3) is 0.500. The molecule has 1 aliphatic rings. The molecule has 1 saturated heterocycles. The fourth-order valence-corrected chi connectivity index (χ4v) is 2.15. The summed E-state index contributed by atoms with van der Waals surface area (Å²) in [4.78, 5) is 2.43. The van der Waals surface area contributed by atoms with Crippen LogP contribution in [-0.4, -0.2) is 31.1 Å². The quantitative estimate of drug-likeness (QED) is 0.841. The topological polar surface area (TPSA) is 36.3 Å². The first-order valence-electron chi connectivity index (χ1n) is 6.24. The Kier molecular flexibility index (Phi) is 6.56. The molecule has 0 radical (unpaired) electrons. The lowest BCUT2D eigenvalue weighted by Crippen LogP contribution is -2.33. The first-order chi connectivity index (χ1) is 8.40. The number of hydrogen-bond acceptors (Lipinski definition) is 3. The molecule has 0 atom stereocenters. The number of piperidine rings is 1. The molecule has 4 heteroatoms. The van der Waals surface area contributed by atoms with Crippen molar-refractivity contribution in [2.75, 3.05) is 26.2 Å². The summed E-state index contributed by atoms with van der Waals surface area (Å²) in [5.41, 5.74) is 0.617. The molecule has 1 aliphatic heterocycles. The summed E-state index contributed by atoms with van der Waals surface area (Å²) >= 11 is 0. The van der Waals surface area contributed by atoms with Gasteiger partial charge in [0.15, 0.2) is 0 Å². The van der Waals surface area contributed by atoms with Gasteiger partial charge in [0.05, 0.1) is 5.56 Å². The van der Waals surface area contributed by atoms with E-state index in [4.69, 9.17) is 10.00 Å². The van der Waals surface area contributed by atoms with Crippen molar-refractivity contribution in [3.8, 4) is 11.8 Å². The van der Waals surface area contributed by atoms with Crippen LogP contribution in [0.25, 0.3) is 0 Å². The van der Waals surface area contributed by atoms with Crippen molar-refractivity contribution in [2.24, 2.45) is 0 Å². The van der Waals surface area contributed by atoms with E-state index in [1.807, 2.05) is 18.2 Å². The molecule has 1 aromatic carbocycles. The highest BCUT2D eigenvalue weighted by Crippen LogP contribution is 2.16. The molecule has 0 saturated carbocycles. The van der Waals surface area contributed by atoms with Crippen molar-refractivity contribution in [1.29, 1.82) is 5.26 Å². The molecule has 98 valence electrons. The molecule has 0 unspecified atom stereocenters. The minimum absolute atomic E-state index is 0. The van der Waals surface area contributed by atoms with Crippen LogP contribution in [0.4, 0.5) is 0 Å². The average molecular weight is 267 g/mol. The zero-order valence-corrected chi connectivity index (χ0v) is 11.3. The Hall–Kier alpha value is -1.24. The van der Waals surface area contributed by atoms with Crippen LogP contribution >= 0.6 is 12.4 Å². The Labute approximate surface area is 115 Å². The van der Waals surface area contributed by atoms with Gasteiger partial charge in [-0.15, -0.1) is 12.4 Å². The number of halogens is 1. The predicted molar refractivity (Wildman–Crippen MR) is 74.2 cm³/mol. The third-order valence-electron chi connectivity index (χ3n) is 3.12. The van der Waals surface area contributed by atoms with E-state index in [0.29, 0.717) is 17.9 Å². The summed E-state index contributed by atoms with van der Waals surface area (Å²) in [6.45, 7) is 3.99. The molecule has 3 nitrogen and oxygen atoms in total. The number of nitrogens with zero attached hydrogens (tertiary/aromatic N) is 2. The monoisotopic (exact) mass is 266 g/mol. The molecule has 0 amide bonds. The number of hydrogen-bond donors (Lipinski definition) is 0. The highest BCUT2D eigenvalue weighted by Gasteiger charge is 2.09. The van der Waals surface area contributed by atoms with E-state index >= 15 is 0 Å². The molecule has 1 heterocycles. The lowest BCUT2D eigenvalue weighted by molar-refractivity contribution is 0.183. The van der Waals surface area contributed by atoms with E-state index in [1.54, 1.807) is 6.07 Å². The van der Waals surface area contributed by atoms with Crippen LogP contribution in [0.2, 0.25) is 0 Å². The molecule has 18 heavy (non-hydrogen) atoms. The Bertz CT molecular complexity index is 397. The molecule has 0 spiro atoms. The van der Waals surface area contributed by atoms with Gasteiger partial charge in [-0.1, -0.05) is 18.6 Å². The Morgan fingerprint density at radius 3 is 2.61 bits per heavy atom. The molecule has 1 aromatic rings. The van der Waals surface area contributed by atoms with Gasteiger partial charge >= 0.3 is 0 Å².